The van der Waals surface area contributed by atoms with Crippen LogP contribution >= 0.6 is 24.0 Å². The number of halogens is 1. The highest BCUT2D eigenvalue weighted by Gasteiger charge is 2.36. The molecule has 0 spiro atoms. The van der Waals surface area contributed by atoms with Gasteiger partial charge in [0.1, 0.15) is 0 Å². The summed E-state index contributed by atoms with van der Waals surface area (Å²) in [5.74, 6) is 2.05. The van der Waals surface area contributed by atoms with E-state index in [1.807, 2.05) is 30.3 Å². The van der Waals surface area contributed by atoms with Crippen LogP contribution < -0.4 is 10.6 Å². The van der Waals surface area contributed by atoms with Gasteiger partial charge in [0.25, 0.3) is 0 Å². The standard InChI is InChI=1S/C20H33N3O2S.HI/c1-3-21-19(23-17-20(10-7-11-20)12-14-25-2)22-13-15-26(24)16-18-8-5-4-6-9-18;/h4-6,8-9H,3,7,10-17H2,1-2H3,(H2,21,22,23);1H. The lowest BCUT2D eigenvalue weighted by atomic mass is 9.67. The van der Waals surface area contributed by atoms with Gasteiger partial charge in [-0.1, -0.05) is 36.8 Å². The lowest BCUT2D eigenvalue weighted by molar-refractivity contribution is 0.0778. The molecular formula is C20H34IN3O2S. The number of aliphatic imine (C=N–C) groups is 1. The minimum Gasteiger partial charge on any atom is -0.385 e. The Kier molecular flexibility index (Phi) is 12.2. The second-order valence-electron chi connectivity index (χ2n) is 6.99. The van der Waals surface area contributed by atoms with E-state index in [0.717, 1.165) is 37.6 Å². The number of nitrogens with one attached hydrogen (secondary N) is 2. The van der Waals surface area contributed by atoms with E-state index < -0.39 is 10.8 Å². The van der Waals surface area contributed by atoms with E-state index in [2.05, 4.69) is 17.6 Å². The van der Waals surface area contributed by atoms with Crippen molar-refractivity contribution >= 4 is 40.7 Å². The van der Waals surface area contributed by atoms with Crippen LogP contribution in [0.25, 0.3) is 0 Å². The lowest BCUT2D eigenvalue weighted by Gasteiger charge is -2.40. The van der Waals surface area contributed by atoms with Crippen molar-refractivity contribution in [3.05, 3.63) is 35.9 Å². The zero-order chi connectivity index (χ0) is 18.7. The van der Waals surface area contributed by atoms with Crippen LogP contribution in [0.4, 0.5) is 0 Å². The third-order valence-electron chi connectivity index (χ3n) is 4.96. The van der Waals surface area contributed by atoms with Crippen LogP contribution in [0, 0.1) is 5.41 Å². The van der Waals surface area contributed by atoms with Crippen LogP contribution in [-0.2, 0) is 21.3 Å². The number of methoxy groups -OCH3 is 1. The number of hydrogen-bond acceptors (Lipinski definition) is 3. The first-order valence-corrected chi connectivity index (χ1v) is 11.1. The molecule has 27 heavy (non-hydrogen) atoms. The van der Waals surface area contributed by atoms with Gasteiger partial charge in [-0.15, -0.1) is 24.0 Å². The van der Waals surface area contributed by atoms with Gasteiger partial charge < -0.3 is 15.4 Å². The smallest absolute Gasteiger partial charge is 0.191 e. The normalized spacial score (nSPS) is 16.7. The SMILES string of the molecule is CCNC(=NCC1(CCOC)CCC1)NCCS(=O)Cc1ccccc1.I. The molecule has 1 fully saturated rings. The fraction of sp³-hybridized carbons (Fsp3) is 0.650. The Morgan fingerprint density at radius 2 is 2.00 bits per heavy atom. The zero-order valence-corrected chi connectivity index (χ0v) is 19.7. The third kappa shape index (κ3) is 8.91. The van der Waals surface area contributed by atoms with E-state index in [1.165, 1.54) is 19.3 Å². The van der Waals surface area contributed by atoms with Crippen molar-refractivity contribution in [1.29, 1.82) is 0 Å². The summed E-state index contributed by atoms with van der Waals surface area (Å²) in [4.78, 5) is 4.78. The zero-order valence-electron chi connectivity index (χ0n) is 16.5. The first kappa shape index (κ1) is 24.4. The summed E-state index contributed by atoms with van der Waals surface area (Å²) in [6.07, 6.45) is 4.84. The van der Waals surface area contributed by atoms with Crippen LogP contribution in [-0.4, -0.2) is 49.3 Å². The highest BCUT2D eigenvalue weighted by molar-refractivity contribution is 14.0. The number of guanidine groups is 1. The van der Waals surface area contributed by atoms with Gasteiger partial charge in [-0.25, -0.2) is 0 Å². The van der Waals surface area contributed by atoms with E-state index in [4.69, 9.17) is 9.73 Å². The predicted molar refractivity (Wildman–Crippen MR) is 125 cm³/mol. The van der Waals surface area contributed by atoms with Crippen molar-refractivity contribution in [1.82, 2.24) is 10.6 Å². The maximum atomic E-state index is 12.2. The van der Waals surface area contributed by atoms with Crippen LogP contribution in [0.15, 0.2) is 35.3 Å². The molecule has 0 saturated heterocycles. The fourth-order valence-corrected chi connectivity index (χ4v) is 4.22. The first-order valence-electron chi connectivity index (χ1n) is 9.57. The first-order chi connectivity index (χ1) is 12.7. The summed E-state index contributed by atoms with van der Waals surface area (Å²) in [5.41, 5.74) is 1.44. The van der Waals surface area contributed by atoms with Gasteiger partial charge in [-0.05, 0) is 37.2 Å². The molecule has 1 aromatic carbocycles. The molecule has 0 aliphatic heterocycles. The molecule has 2 rings (SSSR count). The topological polar surface area (TPSA) is 62.7 Å². The maximum Gasteiger partial charge on any atom is 0.191 e. The van der Waals surface area contributed by atoms with Gasteiger partial charge in [0.2, 0.25) is 0 Å². The van der Waals surface area contributed by atoms with Crippen molar-refractivity contribution < 1.29 is 8.95 Å². The van der Waals surface area contributed by atoms with Crippen molar-refractivity contribution in [3.8, 4) is 0 Å². The van der Waals surface area contributed by atoms with Crippen LogP contribution in [0.3, 0.4) is 0 Å². The van der Waals surface area contributed by atoms with Gasteiger partial charge >= 0.3 is 0 Å². The lowest BCUT2D eigenvalue weighted by Crippen LogP contribution is -2.41. The Bertz CT molecular complexity index is 580. The van der Waals surface area contributed by atoms with Gasteiger partial charge in [-0.2, -0.15) is 0 Å². The second kappa shape index (κ2) is 13.5. The predicted octanol–water partition coefficient (Wildman–Crippen LogP) is 3.32. The molecule has 0 heterocycles. The summed E-state index contributed by atoms with van der Waals surface area (Å²) >= 11 is 0. The van der Waals surface area contributed by atoms with Gasteiger partial charge in [0.15, 0.2) is 5.96 Å². The number of ether oxygens (including phenoxy) is 1. The van der Waals surface area contributed by atoms with E-state index in [-0.39, 0.29) is 24.0 Å². The van der Waals surface area contributed by atoms with Crippen molar-refractivity contribution in [3.63, 3.8) is 0 Å². The Morgan fingerprint density at radius 1 is 1.26 bits per heavy atom. The maximum absolute atomic E-state index is 12.2. The molecule has 0 bridgehead atoms. The Morgan fingerprint density at radius 3 is 2.59 bits per heavy atom. The van der Waals surface area contributed by atoms with Crippen LogP contribution in [0.2, 0.25) is 0 Å². The highest BCUT2D eigenvalue weighted by Crippen LogP contribution is 2.44. The molecule has 5 nitrogen and oxygen atoms in total. The highest BCUT2D eigenvalue weighted by atomic mass is 127. The minimum atomic E-state index is -0.869. The molecule has 1 aliphatic carbocycles. The number of nitrogens with zero attached hydrogens (tertiary/aromatic N) is 1. The summed E-state index contributed by atoms with van der Waals surface area (Å²) in [7, 11) is 0.892. The monoisotopic (exact) mass is 507 g/mol. The molecule has 1 unspecified atom stereocenters. The van der Waals surface area contributed by atoms with Crippen LogP contribution in [0.1, 0.15) is 38.2 Å². The molecule has 2 N–H and O–H groups in total. The number of benzene rings is 1. The largest absolute Gasteiger partial charge is 0.385 e. The van der Waals surface area contributed by atoms with Gasteiger partial charge in [0, 0.05) is 55.7 Å². The molecule has 0 aromatic heterocycles. The van der Waals surface area contributed by atoms with Crippen molar-refractivity contribution in [2.45, 2.75) is 38.4 Å². The Balaban J connectivity index is 0.00000364. The van der Waals surface area contributed by atoms with E-state index in [0.29, 0.717) is 23.5 Å². The molecular weight excluding hydrogens is 473 g/mol. The van der Waals surface area contributed by atoms with E-state index in [1.54, 1.807) is 7.11 Å². The molecule has 1 saturated carbocycles. The van der Waals surface area contributed by atoms with Gasteiger partial charge in [0.05, 0.1) is 0 Å². The number of rotatable bonds is 11. The molecule has 0 radical (unpaired) electrons. The Hall–Kier alpha value is -0.670. The molecule has 1 aromatic rings. The summed E-state index contributed by atoms with van der Waals surface area (Å²) in [5, 5.41) is 6.62. The Labute approximate surface area is 183 Å². The van der Waals surface area contributed by atoms with Gasteiger partial charge in [-0.3, -0.25) is 9.20 Å². The van der Waals surface area contributed by atoms with E-state index >= 15 is 0 Å². The molecule has 1 atom stereocenters. The summed E-state index contributed by atoms with van der Waals surface area (Å²) in [6.45, 7) is 5.19. The number of hydrogen-bond donors (Lipinski definition) is 2. The average molecular weight is 507 g/mol. The van der Waals surface area contributed by atoms with Crippen LogP contribution in [0.5, 0.6) is 0 Å². The van der Waals surface area contributed by atoms with Crippen molar-refractivity contribution in [2.75, 3.05) is 39.1 Å². The molecule has 0 amide bonds. The molecule has 1 aliphatic rings. The van der Waals surface area contributed by atoms with E-state index in [9.17, 15) is 4.21 Å². The summed E-state index contributed by atoms with van der Waals surface area (Å²) < 4.78 is 17.5. The molecule has 154 valence electrons. The average Bonchev–Trinajstić information content (AvgIpc) is 2.61. The fourth-order valence-electron chi connectivity index (χ4n) is 3.19. The van der Waals surface area contributed by atoms with Crippen molar-refractivity contribution in [2.24, 2.45) is 10.4 Å². The third-order valence-corrected chi connectivity index (χ3v) is 6.27. The second-order valence-corrected chi connectivity index (χ2v) is 8.57. The summed E-state index contributed by atoms with van der Waals surface area (Å²) in [6, 6.07) is 10.00. The molecule has 7 heteroatoms. The quantitative estimate of drug-likeness (QED) is 0.274. The minimum absolute atomic E-state index is 0.